The van der Waals surface area contributed by atoms with Crippen LogP contribution in [0.2, 0.25) is 0 Å². The van der Waals surface area contributed by atoms with E-state index in [9.17, 15) is 35.9 Å². The highest BCUT2D eigenvalue weighted by molar-refractivity contribution is 7.89. The second kappa shape index (κ2) is 7.90. The van der Waals surface area contributed by atoms with Crippen LogP contribution in [0.25, 0.3) is 0 Å². The average molecular weight is 477 g/mol. The van der Waals surface area contributed by atoms with E-state index in [0.29, 0.717) is 12.1 Å². The van der Waals surface area contributed by atoms with Gasteiger partial charge in [-0.2, -0.15) is 13.2 Å². The number of aliphatic hydroxyl groups is 1. The molecule has 1 aromatic heterocycles. The van der Waals surface area contributed by atoms with E-state index in [4.69, 9.17) is 4.74 Å². The van der Waals surface area contributed by atoms with Crippen molar-refractivity contribution in [3.8, 4) is 5.75 Å². The summed E-state index contributed by atoms with van der Waals surface area (Å²) in [6.07, 6.45) is -2.77. The van der Waals surface area contributed by atoms with E-state index in [1.165, 1.54) is 14.0 Å². The van der Waals surface area contributed by atoms with Crippen LogP contribution in [0.3, 0.4) is 0 Å². The van der Waals surface area contributed by atoms with Gasteiger partial charge in [0.2, 0.25) is 10.0 Å². The maximum Gasteiger partial charge on any atom is 0.419 e. The van der Waals surface area contributed by atoms with Crippen molar-refractivity contribution >= 4 is 21.6 Å². The Labute approximate surface area is 180 Å². The Bertz CT molecular complexity index is 1190. The fourth-order valence-electron chi connectivity index (χ4n) is 3.06. The Balaban J connectivity index is 1.98. The highest BCUT2D eigenvalue weighted by atomic mass is 32.2. The van der Waals surface area contributed by atoms with Crippen molar-refractivity contribution in [3.05, 3.63) is 54.1 Å². The van der Waals surface area contributed by atoms with Crippen molar-refractivity contribution in [2.75, 3.05) is 11.9 Å². The lowest BCUT2D eigenvalue weighted by Gasteiger charge is -2.28. The molecule has 1 aliphatic rings. The molecule has 3 rings (SSSR count). The number of hydrogen-bond acceptors (Lipinski definition) is 5. The van der Waals surface area contributed by atoms with Crippen LogP contribution in [0.1, 0.15) is 23.0 Å². The van der Waals surface area contributed by atoms with Gasteiger partial charge in [-0.3, -0.25) is 4.79 Å². The molecular formula is C19H19F4N3O5S. The number of benzene rings is 1. The summed E-state index contributed by atoms with van der Waals surface area (Å²) in [7, 11) is -2.90. The van der Waals surface area contributed by atoms with Gasteiger partial charge in [-0.15, -0.1) is 6.58 Å². The molecule has 0 aliphatic carbocycles. The van der Waals surface area contributed by atoms with Crippen LogP contribution in [0.5, 0.6) is 5.75 Å². The molecule has 0 saturated heterocycles. The quantitative estimate of drug-likeness (QED) is 0.463. The minimum Gasteiger partial charge on any atom is -0.488 e. The number of anilines is 1. The molecule has 0 saturated carbocycles. The molecule has 0 radical (unpaired) electrons. The van der Waals surface area contributed by atoms with Crippen LogP contribution in [-0.4, -0.2) is 42.2 Å². The maximum absolute atomic E-state index is 13.5. The summed E-state index contributed by atoms with van der Waals surface area (Å²) in [6.45, 7) is 4.39. The second-order valence-electron chi connectivity index (χ2n) is 7.34. The Morgan fingerprint density at radius 2 is 2.06 bits per heavy atom. The third-order valence-electron chi connectivity index (χ3n) is 4.95. The summed E-state index contributed by atoms with van der Waals surface area (Å²) in [5.41, 5.74) is -3.91. The fraction of sp³-hybridized carbons (Fsp3) is 0.316. The lowest BCUT2D eigenvalue weighted by atomic mass is 9.98. The van der Waals surface area contributed by atoms with E-state index in [0.717, 1.165) is 22.9 Å². The lowest BCUT2D eigenvalue weighted by Crippen LogP contribution is -2.51. The minimum atomic E-state index is -4.98. The molecule has 1 aliphatic heterocycles. The molecule has 0 spiro atoms. The number of aromatic nitrogens is 1. The number of amides is 1. The molecule has 0 unspecified atom stereocenters. The molecule has 2 atom stereocenters. The number of fused-ring (bicyclic) bond motifs is 1. The van der Waals surface area contributed by atoms with Gasteiger partial charge in [-0.1, -0.05) is 6.08 Å². The number of carbonyl (C=O) groups excluding carboxylic acids is 1. The Morgan fingerprint density at radius 3 is 2.66 bits per heavy atom. The van der Waals surface area contributed by atoms with Crippen molar-refractivity contribution in [1.82, 2.24) is 9.29 Å². The van der Waals surface area contributed by atoms with Gasteiger partial charge in [-0.25, -0.2) is 17.5 Å². The summed E-state index contributed by atoms with van der Waals surface area (Å²) in [6, 6.07) is 0.771. The van der Waals surface area contributed by atoms with Gasteiger partial charge >= 0.3 is 6.18 Å². The molecule has 1 aromatic carbocycles. The number of carbonyl (C=O) groups is 1. The average Bonchev–Trinajstić information content (AvgIpc) is 2.96. The zero-order chi connectivity index (χ0) is 24.1. The summed E-state index contributed by atoms with van der Waals surface area (Å²) < 4.78 is 86.8. The van der Waals surface area contributed by atoms with Crippen LogP contribution in [0, 0.1) is 5.82 Å². The highest BCUT2D eigenvalue weighted by Gasteiger charge is 2.40. The highest BCUT2D eigenvalue weighted by Crippen LogP contribution is 2.35. The first-order chi connectivity index (χ1) is 14.7. The molecule has 13 heteroatoms. The normalized spacial score (nSPS) is 19.8. The topological polar surface area (TPSA) is 110 Å². The van der Waals surface area contributed by atoms with Gasteiger partial charge < -0.3 is 19.7 Å². The van der Waals surface area contributed by atoms with Crippen LogP contribution >= 0.6 is 0 Å². The van der Waals surface area contributed by atoms with Crippen molar-refractivity contribution in [2.24, 2.45) is 7.05 Å². The predicted molar refractivity (Wildman–Crippen MR) is 105 cm³/mol. The number of nitrogens with one attached hydrogen (secondary N) is 2. The van der Waals surface area contributed by atoms with E-state index in [-0.39, 0.29) is 23.7 Å². The molecule has 8 nitrogen and oxygen atoms in total. The van der Waals surface area contributed by atoms with Gasteiger partial charge in [0.05, 0.1) is 17.2 Å². The van der Waals surface area contributed by atoms with Crippen molar-refractivity contribution in [3.63, 3.8) is 0 Å². The molecule has 2 aromatic rings. The van der Waals surface area contributed by atoms with Crippen molar-refractivity contribution in [1.29, 1.82) is 0 Å². The van der Waals surface area contributed by atoms with Crippen LogP contribution < -0.4 is 14.8 Å². The third kappa shape index (κ3) is 4.36. The smallest absolute Gasteiger partial charge is 0.419 e. The zero-order valence-corrected chi connectivity index (χ0v) is 17.6. The van der Waals surface area contributed by atoms with E-state index < -0.39 is 50.0 Å². The number of sulfonamides is 1. The number of aryl methyl sites for hydroxylation is 1. The molecular weight excluding hydrogens is 458 g/mol. The Hall–Kier alpha value is -2.90. The summed E-state index contributed by atoms with van der Waals surface area (Å²) in [5.74, 6) is -2.85. The Morgan fingerprint density at radius 1 is 1.41 bits per heavy atom. The van der Waals surface area contributed by atoms with E-state index in [1.807, 2.05) is 0 Å². The number of rotatable bonds is 4. The molecule has 0 bridgehead atoms. The number of halogens is 4. The van der Waals surface area contributed by atoms with Gasteiger partial charge in [0.15, 0.2) is 11.4 Å². The summed E-state index contributed by atoms with van der Waals surface area (Å²) in [5, 5.41) is 12.5. The van der Waals surface area contributed by atoms with E-state index in [1.54, 1.807) is 0 Å². The largest absolute Gasteiger partial charge is 0.488 e. The van der Waals surface area contributed by atoms with Gasteiger partial charge in [0.25, 0.3) is 5.91 Å². The second-order valence-corrected chi connectivity index (χ2v) is 9.03. The maximum atomic E-state index is 13.5. The predicted octanol–water partition coefficient (Wildman–Crippen LogP) is 2.41. The monoisotopic (exact) mass is 477 g/mol. The molecule has 174 valence electrons. The van der Waals surface area contributed by atoms with Crippen LogP contribution in [0.4, 0.5) is 23.2 Å². The van der Waals surface area contributed by atoms with Gasteiger partial charge in [0, 0.05) is 18.9 Å². The standard InChI is InChI=1S/C19H19F4N3O5S/c1-4-18(2,28)14-9-31-16-13(32(29,30)25-14)8-26(3)15(16)17(27)24-10-5-6-12(20)11(7-10)19(21,22)23/h4-8,14,25,28H,1,9H2,2-3H3,(H,24,27)/t14-,18-/m1/s1. The molecule has 0 fully saturated rings. The number of nitrogens with zero attached hydrogens (tertiary/aromatic N) is 1. The van der Waals surface area contributed by atoms with E-state index in [2.05, 4.69) is 16.6 Å². The summed E-state index contributed by atoms with van der Waals surface area (Å²) in [4.78, 5) is 12.4. The Kier molecular flexibility index (Phi) is 5.87. The molecule has 2 heterocycles. The number of hydrogen-bond donors (Lipinski definition) is 3. The first-order valence-electron chi connectivity index (χ1n) is 9.06. The lowest BCUT2D eigenvalue weighted by molar-refractivity contribution is -0.139. The van der Waals surface area contributed by atoms with Crippen molar-refractivity contribution in [2.45, 2.75) is 29.6 Å². The van der Waals surface area contributed by atoms with Gasteiger partial charge in [0.1, 0.15) is 17.3 Å². The SMILES string of the molecule is C=C[C@@](C)(O)[C@H]1COc2c(cn(C)c2C(=O)Nc2ccc(F)c(C(F)(F)F)c2)S(=O)(=O)N1. The first-order valence-corrected chi connectivity index (χ1v) is 10.5. The van der Waals surface area contributed by atoms with Gasteiger partial charge in [-0.05, 0) is 25.1 Å². The van der Waals surface area contributed by atoms with Crippen LogP contribution in [-0.2, 0) is 23.2 Å². The minimum absolute atomic E-state index is 0.304. The number of alkyl halides is 3. The zero-order valence-electron chi connectivity index (χ0n) is 16.8. The summed E-state index contributed by atoms with van der Waals surface area (Å²) >= 11 is 0. The first kappa shape index (κ1) is 23.8. The number of ether oxygens (including phenoxy) is 1. The van der Waals surface area contributed by atoms with Crippen molar-refractivity contribution < 1.29 is 40.6 Å². The fourth-order valence-corrected chi connectivity index (χ4v) is 4.57. The molecule has 3 N–H and O–H groups in total. The molecule has 32 heavy (non-hydrogen) atoms. The third-order valence-corrected chi connectivity index (χ3v) is 6.41. The van der Waals surface area contributed by atoms with E-state index >= 15 is 0 Å². The van der Waals surface area contributed by atoms with Crippen LogP contribution in [0.15, 0.2) is 41.9 Å². The molecule has 1 amide bonds.